The van der Waals surface area contributed by atoms with Gasteiger partial charge in [-0.3, -0.25) is 4.90 Å². The number of hydrogen-bond donors (Lipinski definition) is 1. The maximum atomic E-state index is 5.74. The van der Waals surface area contributed by atoms with Crippen LogP contribution in [0.2, 0.25) is 0 Å². The number of benzene rings is 1. The first-order valence-corrected chi connectivity index (χ1v) is 7.83. The molecule has 1 heterocycles. The van der Waals surface area contributed by atoms with Crippen molar-refractivity contribution < 1.29 is 4.74 Å². The van der Waals surface area contributed by atoms with E-state index in [0.717, 1.165) is 39.2 Å². The van der Waals surface area contributed by atoms with Crippen LogP contribution in [-0.4, -0.2) is 43.8 Å². The minimum Gasteiger partial charge on any atom is -0.377 e. The van der Waals surface area contributed by atoms with E-state index in [1.54, 1.807) is 0 Å². The first kappa shape index (κ1) is 15.5. The summed E-state index contributed by atoms with van der Waals surface area (Å²) in [7, 11) is 0. The highest BCUT2D eigenvalue weighted by Crippen LogP contribution is 2.19. The van der Waals surface area contributed by atoms with Crippen LogP contribution in [-0.2, 0) is 4.74 Å². The van der Waals surface area contributed by atoms with Crippen LogP contribution >= 0.6 is 0 Å². The molecule has 2 rings (SSSR count). The van der Waals surface area contributed by atoms with Crippen LogP contribution in [0.15, 0.2) is 24.3 Å². The van der Waals surface area contributed by atoms with Crippen LogP contribution in [0, 0.1) is 6.92 Å². The van der Waals surface area contributed by atoms with E-state index in [4.69, 9.17) is 4.74 Å². The normalized spacial score (nSPS) is 22.4. The van der Waals surface area contributed by atoms with Gasteiger partial charge in [-0.2, -0.15) is 0 Å². The van der Waals surface area contributed by atoms with Gasteiger partial charge in [0.1, 0.15) is 0 Å². The highest BCUT2D eigenvalue weighted by atomic mass is 16.5. The molecule has 0 spiro atoms. The zero-order valence-corrected chi connectivity index (χ0v) is 13.1. The van der Waals surface area contributed by atoms with Gasteiger partial charge < -0.3 is 10.1 Å². The van der Waals surface area contributed by atoms with Gasteiger partial charge in [0.05, 0.1) is 6.10 Å². The molecule has 3 nitrogen and oxygen atoms in total. The average molecular weight is 276 g/mol. The second-order valence-corrected chi connectivity index (χ2v) is 5.76. The molecule has 1 aromatic rings. The van der Waals surface area contributed by atoms with Gasteiger partial charge >= 0.3 is 0 Å². The number of nitrogens with one attached hydrogen (secondary N) is 1. The van der Waals surface area contributed by atoms with Crippen molar-refractivity contribution in [2.45, 2.75) is 39.3 Å². The third kappa shape index (κ3) is 4.30. The highest BCUT2D eigenvalue weighted by molar-refractivity contribution is 5.29. The summed E-state index contributed by atoms with van der Waals surface area (Å²) in [6.07, 6.45) is 1.48. The molecule has 0 aliphatic carbocycles. The molecule has 0 radical (unpaired) electrons. The van der Waals surface area contributed by atoms with Gasteiger partial charge in [0.25, 0.3) is 0 Å². The highest BCUT2D eigenvalue weighted by Gasteiger charge is 2.20. The molecule has 1 fully saturated rings. The molecule has 1 N–H and O–H groups in total. The predicted octanol–water partition coefficient (Wildman–Crippen LogP) is 2.76. The molecule has 0 aromatic heterocycles. The Morgan fingerprint density at radius 1 is 1.40 bits per heavy atom. The molecule has 112 valence electrons. The van der Waals surface area contributed by atoms with Gasteiger partial charge in [0.2, 0.25) is 0 Å². The molecule has 0 amide bonds. The van der Waals surface area contributed by atoms with E-state index in [2.05, 4.69) is 55.3 Å². The number of likely N-dealkylation sites (N-methyl/N-ethyl adjacent to an activating group) is 1. The summed E-state index contributed by atoms with van der Waals surface area (Å²) in [6, 6.07) is 9.12. The molecule has 2 atom stereocenters. The van der Waals surface area contributed by atoms with Gasteiger partial charge in [-0.25, -0.2) is 0 Å². The lowest BCUT2D eigenvalue weighted by Gasteiger charge is -2.29. The number of ether oxygens (including phenoxy) is 1. The van der Waals surface area contributed by atoms with Crippen molar-refractivity contribution in [2.75, 3.05) is 32.8 Å². The van der Waals surface area contributed by atoms with Crippen molar-refractivity contribution in [3.05, 3.63) is 35.4 Å². The second kappa shape index (κ2) is 7.77. The third-order valence-corrected chi connectivity index (χ3v) is 3.99. The summed E-state index contributed by atoms with van der Waals surface area (Å²) in [5, 5.41) is 3.64. The monoisotopic (exact) mass is 276 g/mol. The Morgan fingerprint density at radius 2 is 2.20 bits per heavy atom. The molecule has 1 aromatic carbocycles. The Bertz CT molecular complexity index is 408. The van der Waals surface area contributed by atoms with Crippen molar-refractivity contribution in [2.24, 2.45) is 0 Å². The van der Waals surface area contributed by atoms with E-state index in [9.17, 15) is 0 Å². The molecule has 1 saturated heterocycles. The second-order valence-electron chi connectivity index (χ2n) is 5.76. The van der Waals surface area contributed by atoms with Gasteiger partial charge in [-0.1, -0.05) is 31.2 Å². The SMILES string of the molecule is CCNC(CN1CCCOC(C)C1)c1ccccc1C. The molecule has 0 saturated carbocycles. The Labute approximate surface area is 123 Å². The topological polar surface area (TPSA) is 24.5 Å². The molecule has 20 heavy (non-hydrogen) atoms. The Balaban J connectivity index is 2.07. The van der Waals surface area contributed by atoms with E-state index in [0.29, 0.717) is 12.1 Å². The molecule has 3 heteroatoms. The molecular weight excluding hydrogens is 248 g/mol. The quantitative estimate of drug-likeness (QED) is 0.895. The van der Waals surface area contributed by atoms with Gasteiger partial charge in [0.15, 0.2) is 0 Å². The largest absolute Gasteiger partial charge is 0.377 e. The Hall–Kier alpha value is -0.900. The molecule has 1 aliphatic heterocycles. The minimum absolute atomic E-state index is 0.344. The van der Waals surface area contributed by atoms with Crippen molar-refractivity contribution in [1.82, 2.24) is 10.2 Å². The number of nitrogens with zero attached hydrogens (tertiary/aromatic N) is 1. The summed E-state index contributed by atoms with van der Waals surface area (Å²) in [6.45, 7) is 11.7. The third-order valence-electron chi connectivity index (χ3n) is 3.99. The summed E-state index contributed by atoms with van der Waals surface area (Å²) in [5.41, 5.74) is 2.80. The fourth-order valence-corrected chi connectivity index (χ4v) is 3.00. The summed E-state index contributed by atoms with van der Waals surface area (Å²) < 4.78 is 5.74. The lowest BCUT2D eigenvalue weighted by Crippen LogP contribution is -2.38. The number of hydrogen-bond acceptors (Lipinski definition) is 3. The lowest BCUT2D eigenvalue weighted by molar-refractivity contribution is 0.0664. The zero-order valence-electron chi connectivity index (χ0n) is 13.1. The first-order chi connectivity index (χ1) is 9.70. The van der Waals surface area contributed by atoms with Gasteiger partial charge in [-0.05, 0) is 37.9 Å². The number of rotatable bonds is 5. The Morgan fingerprint density at radius 3 is 2.95 bits per heavy atom. The maximum absolute atomic E-state index is 5.74. The molecular formula is C17H28N2O. The van der Waals surface area contributed by atoms with E-state index in [1.807, 2.05) is 0 Å². The van der Waals surface area contributed by atoms with Gasteiger partial charge in [-0.15, -0.1) is 0 Å². The average Bonchev–Trinajstić information content (AvgIpc) is 2.63. The van der Waals surface area contributed by atoms with Crippen LogP contribution in [0.5, 0.6) is 0 Å². The first-order valence-electron chi connectivity index (χ1n) is 7.83. The van der Waals surface area contributed by atoms with Crippen LogP contribution in [0.3, 0.4) is 0 Å². The van der Waals surface area contributed by atoms with Crippen LogP contribution < -0.4 is 5.32 Å². The van der Waals surface area contributed by atoms with E-state index in [-0.39, 0.29) is 0 Å². The van der Waals surface area contributed by atoms with Crippen molar-refractivity contribution in [3.63, 3.8) is 0 Å². The molecule has 0 bridgehead atoms. The standard InChI is InChI=1S/C17H28N2O/c1-4-18-17(16-9-6-5-8-14(16)2)13-19-10-7-11-20-15(3)12-19/h5-6,8-9,15,17-18H,4,7,10-13H2,1-3H3. The van der Waals surface area contributed by atoms with E-state index in [1.165, 1.54) is 11.1 Å². The van der Waals surface area contributed by atoms with E-state index < -0.39 is 0 Å². The maximum Gasteiger partial charge on any atom is 0.0673 e. The van der Waals surface area contributed by atoms with E-state index >= 15 is 0 Å². The smallest absolute Gasteiger partial charge is 0.0673 e. The molecule has 1 aliphatic rings. The van der Waals surface area contributed by atoms with Crippen LogP contribution in [0.25, 0.3) is 0 Å². The number of aryl methyl sites for hydroxylation is 1. The molecule has 2 unspecified atom stereocenters. The predicted molar refractivity (Wildman–Crippen MR) is 84.1 cm³/mol. The zero-order chi connectivity index (χ0) is 14.4. The Kier molecular flexibility index (Phi) is 6.02. The fourth-order valence-electron chi connectivity index (χ4n) is 3.00. The summed E-state index contributed by atoms with van der Waals surface area (Å²) in [4.78, 5) is 2.54. The van der Waals surface area contributed by atoms with Crippen molar-refractivity contribution >= 4 is 0 Å². The van der Waals surface area contributed by atoms with Crippen molar-refractivity contribution in [1.29, 1.82) is 0 Å². The van der Waals surface area contributed by atoms with Crippen LogP contribution in [0.4, 0.5) is 0 Å². The fraction of sp³-hybridized carbons (Fsp3) is 0.647. The van der Waals surface area contributed by atoms with Gasteiger partial charge in [0, 0.05) is 32.3 Å². The van der Waals surface area contributed by atoms with Crippen LogP contribution in [0.1, 0.15) is 37.4 Å². The summed E-state index contributed by atoms with van der Waals surface area (Å²) >= 11 is 0. The van der Waals surface area contributed by atoms with Crippen molar-refractivity contribution in [3.8, 4) is 0 Å². The minimum atomic E-state index is 0.344. The summed E-state index contributed by atoms with van der Waals surface area (Å²) in [5.74, 6) is 0. The lowest BCUT2D eigenvalue weighted by atomic mass is 10.0.